The third-order valence-electron chi connectivity index (χ3n) is 2.69. The largest absolute Gasteiger partial charge is 0.416 e. The van der Waals surface area contributed by atoms with Crippen molar-refractivity contribution in [3.63, 3.8) is 0 Å². The lowest BCUT2D eigenvalue weighted by atomic mass is 10.1. The van der Waals surface area contributed by atoms with Gasteiger partial charge in [0, 0.05) is 10.2 Å². The molecule has 1 aromatic rings. The summed E-state index contributed by atoms with van der Waals surface area (Å²) in [5, 5.41) is 12.4. The SMILES string of the molecule is OC1COCC1Nc1cc(C(F)(F)F)ccc1Br. The molecule has 7 heteroatoms. The van der Waals surface area contributed by atoms with E-state index in [1.54, 1.807) is 0 Å². The first-order chi connectivity index (χ1) is 8.38. The zero-order chi connectivity index (χ0) is 13.3. The van der Waals surface area contributed by atoms with Gasteiger partial charge in [0.2, 0.25) is 0 Å². The molecule has 0 amide bonds. The molecule has 1 aliphatic heterocycles. The van der Waals surface area contributed by atoms with Crippen LogP contribution in [0.2, 0.25) is 0 Å². The summed E-state index contributed by atoms with van der Waals surface area (Å²) in [6.45, 7) is 0.456. The van der Waals surface area contributed by atoms with E-state index >= 15 is 0 Å². The van der Waals surface area contributed by atoms with Crippen LogP contribution in [0.1, 0.15) is 5.56 Å². The smallest absolute Gasteiger partial charge is 0.388 e. The van der Waals surface area contributed by atoms with Crippen molar-refractivity contribution in [2.45, 2.75) is 18.3 Å². The van der Waals surface area contributed by atoms with Crippen molar-refractivity contribution in [3.8, 4) is 0 Å². The topological polar surface area (TPSA) is 41.5 Å². The third kappa shape index (κ3) is 2.96. The molecule has 2 N–H and O–H groups in total. The molecule has 100 valence electrons. The number of hydrogen-bond donors (Lipinski definition) is 2. The number of aliphatic hydroxyl groups excluding tert-OH is 1. The molecule has 0 spiro atoms. The number of ether oxygens (including phenoxy) is 1. The molecule has 2 unspecified atom stereocenters. The summed E-state index contributed by atoms with van der Waals surface area (Å²) < 4.78 is 43.3. The van der Waals surface area contributed by atoms with Gasteiger partial charge in [0.1, 0.15) is 0 Å². The second kappa shape index (κ2) is 5.07. The zero-order valence-electron chi connectivity index (χ0n) is 9.17. The highest BCUT2D eigenvalue weighted by Crippen LogP contribution is 2.34. The van der Waals surface area contributed by atoms with E-state index in [9.17, 15) is 18.3 Å². The number of rotatable bonds is 2. The molecule has 0 bridgehead atoms. The van der Waals surface area contributed by atoms with Crippen molar-refractivity contribution < 1.29 is 23.0 Å². The van der Waals surface area contributed by atoms with E-state index in [2.05, 4.69) is 21.2 Å². The van der Waals surface area contributed by atoms with E-state index in [1.807, 2.05) is 0 Å². The van der Waals surface area contributed by atoms with Gasteiger partial charge in [-0.25, -0.2) is 0 Å². The average Bonchev–Trinajstić information content (AvgIpc) is 2.66. The summed E-state index contributed by atoms with van der Waals surface area (Å²) in [6, 6.07) is 2.93. The van der Waals surface area contributed by atoms with Gasteiger partial charge >= 0.3 is 6.18 Å². The van der Waals surface area contributed by atoms with Crippen LogP contribution in [0.3, 0.4) is 0 Å². The van der Waals surface area contributed by atoms with E-state index in [0.717, 1.165) is 12.1 Å². The minimum Gasteiger partial charge on any atom is -0.388 e. The van der Waals surface area contributed by atoms with Gasteiger partial charge < -0.3 is 15.2 Å². The Labute approximate surface area is 110 Å². The minimum atomic E-state index is -4.39. The quantitative estimate of drug-likeness (QED) is 0.878. The molecule has 1 aliphatic rings. The second-order valence-electron chi connectivity index (χ2n) is 4.05. The molecule has 1 heterocycles. The summed E-state index contributed by atoms with van der Waals surface area (Å²) >= 11 is 3.17. The van der Waals surface area contributed by atoms with Gasteiger partial charge in [-0.1, -0.05) is 0 Å². The van der Waals surface area contributed by atoms with Crippen molar-refractivity contribution in [2.75, 3.05) is 18.5 Å². The molecule has 1 saturated heterocycles. The number of nitrogens with one attached hydrogen (secondary N) is 1. The monoisotopic (exact) mass is 325 g/mol. The van der Waals surface area contributed by atoms with Crippen LogP contribution in [-0.2, 0) is 10.9 Å². The minimum absolute atomic E-state index is 0.189. The van der Waals surface area contributed by atoms with E-state index < -0.39 is 23.9 Å². The molecular formula is C11H11BrF3NO2. The first-order valence-corrected chi connectivity index (χ1v) is 6.06. The Balaban J connectivity index is 2.21. The van der Waals surface area contributed by atoms with Crippen LogP contribution in [0.4, 0.5) is 18.9 Å². The molecule has 0 radical (unpaired) electrons. The fraction of sp³-hybridized carbons (Fsp3) is 0.455. The Morgan fingerprint density at radius 3 is 2.61 bits per heavy atom. The molecule has 0 saturated carbocycles. The summed E-state index contributed by atoms with van der Waals surface area (Å²) in [5.41, 5.74) is -0.444. The Kier molecular flexibility index (Phi) is 3.84. The number of halogens is 4. The second-order valence-corrected chi connectivity index (χ2v) is 4.90. The highest BCUT2D eigenvalue weighted by Gasteiger charge is 2.32. The first-order valence-electron chi connectivity index (χ1n) is 5.27. The number of hydrogen-bond acceptors (Lipinski definition) is 3. The van der Waals surface area contributed by atoms with E-state index in [1.165, 1.54) is 6.07 Å². The highest BCUT2D eigenvalue weighted by atomic mass is 79.9. The Hall–Kier alpha value is -0.790. The Morgan fingerprint density at radius 2 is 2.06 bits per heavy atom. The molecular weight excluding hydrogens is 315 g/mol. The van der Waals surface area contributed by atoms with Gasteiger partial charge in [0.25, 0.3) is 0 Å². The summed E-state index contributed by atoms with van der Waals surface area (Å²) in [5.74, 6) is 0. The molecule has 18 heavy (non-hydrogen) atoms. The maximum atomic E-state index is 12.6. The summed E-state index contributed by atoms with van der Waals surface area (Å²) in [6.07, 6.45) is -5.10. The number of aliphatic hydroxyl groups is 1. The van der Waals surface area contributed by atoms with Crippen molar-refractivity contribution in [1.82, 2.24) is 0 Å². The van der Waals surface area contributed by atoms with E-state index in [0.29, 0.717) is 10.2 Å². The maximum absolute atomic E-state index is 12.6. The summed E-state index contributed by atoms with van der Waals surface area (Å²) in [4.78, 5) is 0. The van der Waals surface area contributed by atoms with Gasteiger partial charge in [-0.15, -0.1) is 0 Å². The predicted octanol–water partition coefficient (Wildman–Crippen LogP) is 2.64. The Morgan fingerprint density at radius 1 is 1.33 bits per heavy atom. The zero-order valence-corrected chi connectivity index (χ0v) is 10.8. The lowest BCUT2D eigenvalue weighted by Gasteiger charge is -2.18. The molecule has 2 rings (SSSR count). The fourth-order valence-electron chi connectivity index (χ4n) is 1.69. The lowest BCUT2D eigenvalue weighted by molar-refractivity contribution is -0.137. The van der Waals surface area contributed by atoms with Crippen LogP contribution in [0.25, 0.3) is 0 Å². The van der Waals surface area contributed by atoms with Crippen LogP contribution < -0.4 is 5.32 Å². The molecule has 3 nitrogen and oxygen atoms in total. The van der Waals surface area contributed by atoms with Crippen LogP contribution in [-0.4, -0.2) is 30.5 Å². The molecule has 1 aromatic carbocycles. The fourth-order valence-corrected chi connectivity index (χ4v) is 2.05. The number of anilines is 1. The van der Waals surface area contributed by atoms with E-state index in [-0.39, 0.29) is 13.2 Å². The van der Waals surface area contributed by atoms with Crippen molar-refractivity contribution >= 4 is 21.6 Å². The normalized spacial score (nSPS) is 24.3. The van der Waals surface area contributed by atoms with Gasteiger partial charge in [0.05, 0.1) is 30.9 Å². The van der Waals surface area contributed by atoms with Gasteiger partial charge in [-0.3, -0.25) is 0 Å². The predicted molar refractivity (Wildman–Crippen MR) is 63.4 cm³/mol. The Bertz CT molecular complexity index is 439. The van der Waals surface area contributed by atoms with Crippen molar-refractivity contribution in [1.29, 1.82) is 0 Å². The third-order valence-corrected chi connectivity index (χ3v) is 3.38. The van der Waals surface area contributed by atoms with Gasteiger partial charge in [-0.2, -0.15) is 13.2 Å². The molecule has 0 aliphatic carbocycles. The summed E-state index contributed by atoms with van der Waals surface area (Å²) in [7, 11) is 0. The standard InChI is InChI=1S/C11H11BrF3NO2/c12-7-2-1-6(11(13,14)15)3-8(7)16-9-4-18-5-10(9)17/h1-3,9-10,16-17H,4-5H2. The molecule has 0 aromatic heterocycles. The highest BCUT2D eigenvalue weighted by molar-refractivity contribution is 9.10. The van der Waals surface area contributed by atoms with Crippen LogP contribution in [0.5, 0.6) is 0 Å². The van der Waals surface area contributed by atoms with E-state index in [4.69, 9.17) is 4.74 Å². The van der Waals surface area contributed by atoms with Crippen LogP contribution >= 0.6 is 15.9 Å². The van der Waals surface area contributed by atoms with Crippen molar-refractivity contribution in [3.05, 3.63) is 28.2 Å². The lowest BCUT2D eigenvalue weighted by Crippen LogP contribution is -2.32. The first kappa shape index (κ1) is 13.6. The van der Waals surface area contributed by atoms with Gasteiger partial charge in [-0.05, 0) is 34.1 Å². The number of benzene rings is 1. The van der Waals surface area contributed by atoms with Crippen LogP contribution in [0, 0.1) is 0 Å². The van der Waals surface area contributed by atoms with Gasteiger partial charge in [0.15, 0.2) is 0 Å². The van der Waals surface area contributed by atoms with Crippen LogP contribution in [0.15, 0.2) is 22.7 Å². The molecule has 1 fully saturated rings. The maximum Gasteiger partial charge on any atom is 0.416 e. The number of alkyl halides is 3. The average molecular weight is 326 g/mol. The van der Waals surface area contributed by atoms with Crippen molar-refractivity contribution in [2.24, 2.45) is 0 Å². The molecule has 2 atom stereocenters.